The molecule has 1 heterocycles. The van der Waals surface area contributed by atoms with E-state index < -0.39 is 0 Å². The molecule has 2 bridgehead atoms. The summed E-state index contributed by atoms with van der Waals surface area (Å²) in [4.78, 5) is 27.5. The summed E-state index contributed by atoms with van der Waals surface area (Å²) in [7, 11) is 0. The van der Waals surface area contributed by atoms with Gasteiger partial charge in [0.25, 0.3) is 0 Å². The van der Waals surface area contributed by atoms with Crippen LogP contribution >= 0.6 is 0 Å². The maximum Gasteiger partial charge on any atom is 0.233 e. The van der Waals surface area contributed by atoms with Crippen LogP contribution < -0.4 is 0 Å². The van der Waals surface area contributed by atoms with Gasteiger partial charge in [-0.05, 0) is 41.7 Å². The molecule has 2 aliphatic carbocycles. The summed E-state index contributed by atoms with van der Waals surface area (Å²) >= 11 is 0. The Morgan fingerprint density at radius 1 is 0.800 bits per heavy atom. The zero-order valence-electron chi connectivity index (χ0n) is 14.0. The van der Waals surface area contributed by atoms with Crippen molar-refractivity contribution in [2.75, 3.05) is 0 Å². The van der Waals surface area contributed by atoms with Gasteiger partial charge in [-0.3, -0.25) is 14.5 Å². The van der Waals surface area contributed by atoms with Crippen LogP contribution in [0.4, 0.5) is 0 Å². The highest BCUT2D eigenvalue weighted by atomic mass is 16.2. The predicted octanol–water partition coefficient (Wildman–Crippen LogP) is 3.61. The number of hydrogen-bond acceptors (Lipinski definition) is 2. The quantitative estimate of drug-likeness (QED) is 0.806. The molecule has 5 rings (SSSR count). The third kappa shape index (κ3) is 2.18. The maximum absolute atomic E-state index is 13.1. The summed E-state index contributed by atoms with van der Waals surface area (Å²) in [5.74, 6) is 1.10. The third-order valence-electron chi connectivity index (χ3n) is 6.52. The molecule has 3 heteroatoms. The van der Waals surface area contributed by atoms with Crippen LogP contribution in [0.25, 0.3) is 0 Å². The number of carbonyl (C=O) groups is 2. The lowest BCUT2D eigenvalue weighted by atomic mass is 9.73. The molecule has 2 saturated carbocycles. The van der Waals surface area contributed by atoms with Crippen molar-refractivity contribution in [1.29, 1.82) is 0 Å². The van der Waals surface area contributed by atoms with E-state index in [0.717, 1.165) is 18.4 Å². The van der Waals surface area contributed by atoms with E-state index in [-0.39, 0.29) is 23.7 Å². The molecule has 0 N–H and O–H groups in total. The van der Waals surface area contributed by atoms with E-state index in [0.29, 0.717) is 24.3 Å². The molecule has 3 fully saturated rings. The van der Waals surface area contributed by atoms with Crippen molar-refractivity contribution < 1.29 is 9.59 Å². The van der Waals surface area contributed by atoms with Gasteiger partial charge in [0.15, 0.2) is 0 Å². The fraction of sp³-hybridized carbons (Fsp3) is 0.364. The molecular weight excluding hydrogens is 310 g/mol. The standard InChI is InChI=1S/C22H21NO2/c24-21-19-16-11-17(15-9-5-2-6-10-15)18(12-16)20(19)22(25)23(21)13-14-7-3-1-4-8-14/h1-10,16-20H,11-13H2/t16-,17-,18-,19-,20+/m1/s1. The SMILES string of the molecule is O=C1[C@@H]2[C@H]3C[C@@H]([C@@H]2C(=O)N1Cc1ccccc1)[C@@H](c1ccccc1)C3. The second-order valence-corrected chi connectivity index (χ2v) is 7.71. The molecule has 2 aromatic rings. The van der Waals surface area contributed by atoms with Gasteiger partial charge in [0.2, 0.25) is 11.8 Å². The summed E-state index contributed by atoms with van der Waals surface area (Å²) < 4.78 is 0. The van der Waals surface area contributed by atoms with Crippen molar-refractivity contribution in [3.05, 3.63) is 71.8 Å². The number of benzene rings is 2. The van der Waals surface area contributed by atoms with Gasteiger partial charge in [-0.2, -0.15) is 0 Å². The zero-order valence-corrected chi connectivity index (χ0v) is 14.0. The lowest BCUT2D eigenvalue weighted by Crippen LogP contribution is -2.32. The Hall–Kier alpha value is -2.42. The molecule has 1 saturated heterocycles. The lowest BCUT2D eigenvalue weighted by molar-refractivity contribution is -0.141. The summed E-state index contributed by atoms with van der Waals surface area (Å²) in [5, 5.41) is 0. The smallest absolute Gasteiger partial charge is 0.233 e. The Kier molecular flexibility index (Phi) is 3.30. The van der Waals surface area contributed by atoms with Crippen LogP contribution in [0.15, 0.2) is 60.7 Å². The largest absolute Gasteiger partial charge is 0.278 e. The summed E-state index contributed by atoms with van der Waals surface area (Å²) in [6.07, 6.45) is 2.08. The monoisotopic (exact) mass is 331 g/mol. The van der Waals surface area contributed by atoms with Crippen LogP contribution in [0, 0.1) is 23.7 Å². The number of imide groups is 1. The van der Waals surface area contributed by atoms with E-state index in [1.54, 1.807) is 0 Å². The highest BCUT2D eigenvalue weighted by Crippen LogP contribution is 2.61. The average Bonchev–Trinajstić information content (AvgIpc) is 3.31. The Balaban J connectivity index is 1.42. The Morgan fingerprint density at radius 3 is 2.16 bits per heavy atom. The van der Waals surface area contributed by atoms with Crippen LogP contribution in [0.3, 0.4) is 0 Å². The van der Waals surface area contributed by atoms with Gasteiger partial charge in [-0.1, -0.05) is 60.7 Å². The number of carbonyl (C=O) groups excluding carboxylic acids is 2. The van der Waals surface area contributed by atoms with Crippen LogP contribution in [0.1, 0.15) is 29.9 Å². The normalized spacial score (nSPS) is 33.1. The molecule has 5 atom stereocenters. The Morgan fingerprint density at radius 2 is 1.44 bits per heavy atom. The minimum Gasteiger partial charge on any atom is -0.278 e. The van der Waals surface area contributed by atoms with Gasteiger partial charge in [-0.25, -0.2) is 0 Å². The zero-order chi connectivity index (χ0) is 17.0. The van der Waals surface area contributed by atoms with Gasteiger partial charge >= 0.3 is 0 Å². The molecule has 2 aromatic carbocycles. The first kappa shape index (κ1) is 14.9. The van der Waals surface area contributed by atoms with Crippen LogP contribution in [0.2, 0.25) is 0 Å². The fourth-order valence-electron chi connectivity index (χ4n) is 5.53. The molecule has 25 heavy (non-hydrogen) atoms. The van der Waals surface area contributed by atoms with Crippen LogP contribution in [0.5, 0.6) is 0 Å². The third-order valence-corrected chi connectivity index (χ3v) is 6.52. The number of amides is 2. The Bertz CT molecular complexity index is 816. The highest BCUT2D eigenvalue weighted by Gasteiger charge is 2.63. The van der Waals surface area contributed by atoms with Crippen LogP contribution in [-0.2, 0) is 16.1 Å². The van der Waals surface area contributed by atoms with Crippen LogP contribution in [-0.4, -0.2) is 16.7 Å². The lowest BCUT2D eigenvalue weighted by Gasteiger charge is -2.28. The van der Waals surface area contributed by atoms with E-state index in [9.17, 15) is 9.59 Å². The summed E-state index contributed by atoms with van der Waals surface area (Å²) in [6, 6.07) is 20.3. The average molecular weight is 331 g/mol. The molecule has 1 aliphatic heterocycles. The summed E-state index contributed by atoms with van der Waals surface area (Å²) in [6.45, 7) is 0.418. The van der Waals surface area contributed by atoms with E-state index >= 15 is 0 Å². The van der Waals surface area contributed by atoms with Gasteiger partial charge in [0, 0.05) is 0 Å². The number of fused-ring (bicyclic) bond motifs is 5. The molecule has 3 nitrogen and oxygen atoms in total. The van der Waals surface area contributed by atoms with Crippen molar-refractivity contribution in [3.63, 3.8) is 0 Å². The maximum atomic E-state index is 13.1. The number of nitrogens with zero attached hydrogens (tertiary/aromatic N) is 1. The highest BCUT2D eigenvalue weighted by molar-refractivity contribution is 6.06. The summed E-state index contributed by atoms with van der Waals surface area (Å²) in [5.41, 5.74) is 2.35. The minimum absolute atomic E-state index is 0.0620. The van der Waals surface area contributed by atoms with E-state index in [1.165, 1.54) is 10.5 Å². The Labute approximate surface area is 147 Å². The fourth-order valence-corrected chi connectivity index (χ4v) is 5.53. The van der Waals surface area contributed by atoms with Gasteiger partial charge < -0.3 is 0 Å². The van der Waals surface area contributed by atoms with E-state index in [2.05, 4.69) is 24.3 Å². The van der Waals surface area contributed by atoms with Crippen molar-refractivity contribution >= 4 is 11.8 Å². The molecule has 3 aliphatic rings. The second kappa shape index (κ2) is 5.55. The molecule has 126 valence electrons. The van der Waals surface area contributed by atoms with Gasteiger partial charge in [0.1, 0.15) is 0 Å². The second-order valence-electron chi connectivity index (χ2n) is 7.71. The number of likely N-dealkylation sites (tertiary alicyclic amines) is 1. The van der Waals surface area contributed by atoms with Crippen molar-refractivity contribution in [3.8, 4) is 0 Å². The number of rotatable bonds is 3. The van der Waals surface area contributed by atoms with Gasteiger partial charge in [0.05, 0.1) is 18.4 Å². The van der Waals surface area contributed by atoms with Crippen molar-refractivity contribution in [2.24, 2.45) is 23.7 Å². The van der Waals surface area contributed by atoms with Gasteiger partial charge in [-0.15, -0.1) is 0 Å². The van der Waals surface area contributed by atoms with Crippen molar-refractivity contribution in [2.45, 2.75) is 25.3 Å². The topological polar surface area (TPSA) is 37.4 Å². The first-order valence-electron chi connectivity index (χ1n) is 9.18. The molecule has 0 aromatic heterocycles. The molecule has 0 spiro atoms. The van der Waals surface area contributed by atoms with E-state index in [4.69, 9.17) is 0 Å². The van der Waals surface area contributed by atoms with E-state index in [1.807, 2.05) is 36.4 Å². The number of hydrogen-bond donors (Lipinski definition) is 0. The molecule has 0 unspecified atom stereocenters. The van der Waals surface area contributed by atoms with Crippen molar-refractivity contribution in [1.82, 2.24) is 4.90 Å². The molecular formula is C22H21NO2. The first-order chi connectivity index (χ1) is 12.2. The first-order valence-corrected chi connectivity index (χ1v) is 9.18. The molecule has 0 radical (unpaired) electrons. The predicted molar refractivity (Wildman–Crippen MR) is 94.4 cm³/mol. The molecule has 2 amide bonds. The minimum atomic E-state index is -0.0971.